The van der Waals surface area contributed by atoms with Crippen molar-refractivity contribution in [3.8, 4) is 0 Å². The van der Waals surface area contributed by atoms with Gasteiger partial charge in [-0.3, -0.25) is 9.89 Å². The van der Waals surface area contributed by atoms with E-state index in [2.05, 4.69) is 15.3 Å². The van der Waals surface area contributed by atoms with E-state index in [0.717, 1.165) is 0 Å². The van der Waals surface area contributed by atoms with Crippen LogP contribution in [-0.2, 0) is 19.0 Å². The van der Waals surface area contributed by atoms with Crippen molar-refractivity contribution in [3.63, 3.8) is 0 Å². The monoisotopic (exact) mass is 524 g/mol. The number of morpholine rings is 1. The normalized spacial score (nSPS) is 20.7. The number of carboxylic acid groups (broad SMARTS) is 1. The number of aliphatic imine (C=N–C) groups is 1. The van der Waals surface area contributed by atoms with Crippen molar-refractivity contribution < 1.29 is 33.3 Å². The molecule has 1 fully saturated rings. The van der Waals surface area contributed by atoms with Crippen LogP contribution in [0.5, 0.6) is 0 Å². The summed E-state index contributed by atoms with van der Waals surface area (Å²) >= 11 is 7.63. The molecular formula is C22H22ClFN4O6S. The standard InChI is InChI=1S/C22H22ClFN4O6S/c1-2-33-21(29)16-14(10-28-7-8-32-11-15(28)34-22(30)31)26-19(20-25-6-9-35-20)27-18(16)12-4-3-5-13(24)17(12)23/h3-6,9,15,18H,2,7-8,10-11H2,1H3,(H,26,27)(H,30,31)/t15-,18-/m0/s1. The quantitative estimate of drug-likeness (QED) is 0.525. The second-order valence-corrected chi connectivity index (χ2v) is 8.75. The lowest BCUT2D eigenvalue weighted by Crippen LogP contribution is -2.50. The van der Waals surface area contributed by atoms with Gasteiger partial charge in [0.15, 0.2) is 17.1 Å². The summed E-state index contributed by atoms with van der Waals surface area (Å²) in [7, 11) is 0. The number of hydrogen-bond donors (Lipinski definition) is 2. The Kier molecular flexibility index (Phi) is 7.96. The molecule has 13 heteroatoms. The summed E-state index contributed by atoms with van der Waals surface area (Å²) in [6, 6.07) is 3.30. The van der Waals surface area contributed by atoms with Gasteiger partial charge in [0.1, 0.15) is 11.9 Å². The van der Waals surface area contributed by atoms with Crippen molar-refractivity contribution in [2.24, 2.45) is 4.99 Å². The number of nitrogens with zero attached hydrogens (tertiary/aromatic N) is 3. The third-order valence-electron chi connectivity index (χ3n) is 5.32. The second kappa shape index (κ2) is 11.1. The number of amidine groups is 1. The first-order chi connectivity index (χ1) is 16.9. The Labute approximate surface area is 209 Å². The van der Waals surface area contributed by atoms with Crippen LogP contribution < -0.4 is 5.32 Å². The molecule has 2 N–H and O–H groups in total. The van der Waals surface area contributed by atoms with E-state index in [1.807, 2.05) is 0 Å². The second-order valence-electron chi connectivity index (χ2n) is 7.48. The molecule has 3 heterocycles. The molecule has 0 saturated carbocycles. The minimum atomic E-state index is -1.45. The number of halogens is 2. The van der Waals surface area contributed by atoms with Crippen molar-refractivity contribution >= 4 is 40.9 Å². The molecule has 0 bridgehead atoms. The van der Waals surface area contributed by atoms with E-state index in [0.29, 0.717) is 29.7 Å². The first-order valence-corrected chi connectivity index (χ1v) is 11.9. The first-order valence-electron chi connectivity index (χ1n) is 10.7. The van der Waals surface area contributed by atoms with Crippen LogP contribution in [0.15, 0.2) is 46.0 Å². The van der Waals surface area contributed by atoms with Crippen LogP contribution >= 0.6 is 22.9 Å². The Bertz CT molecular complexity index is 1160. The fraction of sp³-hybridized carbons (Fsp3) is 0.364. The zero-order valence-corrected chi connectivity index (χ0v) is 20.1. The van der Waals surface area contributed by atoms with E-state index in [9.17, 15) is 14.0 Å². The maximum Gasteiger partial charge on any atom is 0.507 e. The average molecular weight is 525 g/mol. The van der Waals surface area contributed by atoms with Crippen molar-refractivity contribution in [2.45, 2.75) is 19.2 Å². The number of benzene rings is 1. The zero-order valence-electron chi connectivity index (χ0n) is 18.6. The predicted octanol–water partition coefficient (Wildman–Crippen LogP) is 3.20. The number of hydrogen-bond acceptors (Lipinski definition) is 10. The summed E-state index contributed by atoms with van der Waals surface area (Å²) in [6.07, 6.45) is -0.731. The van der Waals surface area contributed by atoms with Gasteiger partial charge in [-0.15, -0.1) is 11.3 Å². The largest absolute Gasteiger partial charge is 0.507 e. The summed E-state index contributed by atoms with van der Waals surface area (Å²) in [5.74, 6) is -0.954. The maximum absolute atomic E-state index is 14.4. The van der Waals surface area contributed by atoms with Gasteiger partial charge in [0.25, 0.3) is 0 Å². The molecule has 2 aliphatic heterocycles. The molecule has 0 amide bonds. The third kappa shape index (κ3) is 5.61. The third-order valence-corrected chi connectivity index (χ3v) is 6.50. The van der Waals surface area contributed by atoms with Crippen LogP contribution in [0.2, 0.25) is 5.02 Å². The highest BCUT2D eigenvalue weighted by atomic mass is 35.5. The Morgan fingerprint density at radius 1 is 1.43 bits per heavy atom. The maximum atomic E-state index is 14.4. The molecule has 2 aliphatic rings. The Balaban J connectivity index is 1.82. The topological polar surface area (TPSA) is 123 Å². The molecule has 1 aromatic carbocycles. The average Bonchev–Trinajstić information content (AvgIpc) is 3.37. The minimum absolute atomic E-state index is 0.0287. The van der Waals surface area contributed by atoms with E-state index in [-0.39, 0.29) is 35.9 Å². The van der Waals surface area contributed by atoms with E-state index >= 15 is 0 Å². The van der Waals surface area contributed by atoms with Gasteiger partial charge in [-0.25, -0.2) is 19.0 Å². The molecule has 186 valence electrons. The summed E-state index contributed by atoms with van der Waals surface area (Å²) < 4.78 is 30.0. The number of carbonyl (C=O) groups excluding carboxylic acids is 1. The highest BCUT2D eigenvalue weighted by Crippen LogP contribution is 2.37. The number of esters is 1. The molecule has 1 saturated heterocycles. The number of rotatable bonds is 7. The van der Waals surface area contributed by atoms with Gasteiger partial charge in [0.2, 0.25) is 0 Å². The Hall–Kier alpha value is -3.06. The minimum Gasteiger partial charge on any atom is -0.463 e. The molecule has 10 nitrogen and oxygen atoms in total. The van der Waals surface area contributed by atoms with Gasteiger partial charge < -0.3 is 24.6 Å². The van der Waals surface area contributed by atoms with Gasteiger partial charge in [0.05, 0.1) is 30.4 Å². The van der Waals surface area contributed by atoms with Gasteiger partial charge in [-0.2, -0.15) is 0 Å². The van der Waals surface area contributed by atoms with Gasteiger partial charge in [-0.05, 0) is 13.0 Å². The van der Waals surface area contributed by atoms with E-state index in [1.54, 1.807) is 29.5 Å². The number of aromatic nitrogens is 1. The van der Waals surface area contributed by atoms with Crippen molar-refractivity contribution in [1.29, 1.82) is 0 Å². The fourth-order valence-electron chi connectivity index (χ4n) is 3.80. The number of carbonyl (C=O) groups is 2. The molecule has 0 unspecified atom stereocenters. The Morgan fingerprint density at radius 3 is 2.97 bits per heavy atom. The smallest absolute Gasteiger partial charge is 0.463 e. The molecule has 0 spiro atoms. The fourth-order valence-corrected chi connectivity index (χ4v) is 4.62. The van der Waals surface area contributed by atoms with Gasteiger partial charge in [0, 0.05) is 35.9 Å². The Morgan fingerprint density at radius 2 is 2.26 bits per heavy atom. The number of nitrogens with one attached hydrogen (secondary N) is 1. The molecule has 2 atom stereocenters. The number of thiazole rings is 1. The van der Waals surface area contributed by atoms with Crippen LogP contribution in [-0.4, -0.2) is 72.1 Å². The summed E-state index contributed by atoms with van der Waals surface area (Å²) in [4.78, 5) is 35.0. The van der Waals surface area contributed by atoms with E-state index < -0.39 is 30.2 Å². The van der Waals surface area contributed by atoms with Crippen molar-refractivity contribution in [3.05, 3.63) is 62.5 Å². The van der Waals surface area contributed by atoms with Crippen molar-refractivity contribution in [1.82, 2.24) is 15.2 Å². The first kappa shape index (κ1) is 25.0. The summed E-state index contributed by atoms with van der Waals surface area (Å²) in [5, 5.41) is 14.4. The molecule has 0 radical (unpaired) electrons. The van der Waals surface area contributed by atoms with E-state index in [1.165, 1.54) is 23.5 Å². The highest BCUT2D eigenvalue weighted by molar-refractivity contribution is 7.11. The lowest BCUT2D eigenvalue weighted by Gasteiger charge is -2.36. The molecule has 1 aromatic heterocycles. The van der Waals surface area contributed by atoms with Crippen LogP contribution in [0.1, 0.15) is 23.5 Å². The van der Waals surface area contributed by atoms with Gasteiger partial charge in [-0.1, -0.05) is 23.7 Å². The molecule has 35 heavy (non-hydrogen) atoms. The van der Waals surface area contributed by atoms with Crippen LogP contribution in [0, 0.1) is 5.82 Å². The van der Waals surface area contributed by atoms with Crippen LogP contribution in [0.4, 0.5) is 9.18 Å². The SMILES string of the molecule is CCOC(=O)C1=C(CN2CCOC[C@@H]2OC(=O)O)NC(c2nccs2)=N[C@H]1c1cccc(F)c1Cl. The zero-order chi connectivity index (χ0) is 24.9. The molecule has 0 aliphatic carbocycles. The predicted molar refractivity (Wildman–Crippen MR) is 125 cm³/mol. The lowest BCUT2D eigenvalue weighted by atomic mass is 9.95. The number of ether oxygens (including phenoxy) is 3. The van der Waals surface area contributed by atoms with Crippen molar-refractivity contribution in [2.75, 3.05) is 32.9 Å². The molecular weight excluding hydrogens is 503 g/mol. The van der Waals surface area contributed by atoms with Gasteiger partial charge >= 0.3 is 12.1 Å². The highest BCUT2D eigenvalue weighted by Gasteiger charge is 2.36. The summed E-state index contributed by atoms with van der Waals surface area (Å²) in [5.41, 5.74) is 0.790. The van der Waals surface area contributed by atoms with E-state index in [4.69, 9.17) is 30.9 Å². The van der Waals surface area contributed by atoms with Crippen LogP contribution in [0.25, 0.3) is 0 Å². The lowest BCUT2D eigenvalue weighted by molar-refractivity contribution is -0.139. The summed E-state index contributed by atoms with van der Waals surface area (Å²) in [6.45, 7) is 2.55. The molecule has 4 rings (SSSR count). The molecule has 2 aromatic rings. The van der Waals surface area contributed by atoms with Crippen LogP contribution in [0.3, 0.4) is 0 Å².